The van der Waals surface area contributed by atoms with Crippen molar-refractivity contribution in [2.75, 3.05) is 0 Å². The summed E-state index contributed by atoms with van der Waals surface area (Å²) >= 11 is 3.40. The van der Waals surface area contributed by atoms with Crippen molar-refractivity contribution >= 4 is 15.9 Å². The number of rotatable bonds is 1. The van der Waals surface area contributed by atoms with Crippen molar-refractivity contribution in [3.63, 3.8) is 0 Å². The van der Waals surface area contributed by atoms with Gasteiger partial charge in [0.2, 0.25) is 0 Å². The van der Waals surface area contributed by atoms with Gasteiger partial charge in [-0.05, 0) is 46.7 Å². The Kier molecular flexibility index (Phi) is 2.27. The molecule has 0 saturated heterocycles. The lowest BCUT2D eigenvalue weighted by Crippen LogP contribution is -2.23. The van der Waals surface area contributed by atoms with Gasteiger partial charge < -0.3 is 9.52 Å². The largest absolute Gasteiger partial charge is 0.465 e. The first kappa shape index (κ1) is 10.2. The predicted molar refractivity (Wildman–Crippen MR) is 57.9 cm³/mol. The highest BCUT2D eigenvalue weighted by Gasteiger charge is 2.45. The summed E-state index contributed by atoms with van der Waals surface area (Å²) < 4.78 is 6.22. The summed E-state index contributed by atoms with van der Waals surface area (Å²) in [5, 5.41) is 10.4. The summed E-state index contributed by atoms with van der Waals surface area (Å²) in [6.45, 7) is 4.36. The standard InChI is InChI=1S/C11H15BrO2/c1-10(2)4-5-11(13,7-10)9-8(12)3-6-14-9/h3,6,13H,4-5,7H2,1-2H3. The summed E-state index contributed by atoms with van der Waals surface area (Å²) in [5.41, 5.74) is -0.563. The van der Waals surface area contributed by atoms with Crippen LogP contribution in [0.25, 0.3) is 0 Å². The lowest BCUT2D eigenvalue weighted by atomic mass is 9.88. The fourth-order valence-corrected chi connectivity index (χ4v) is 2.90. The van der Waals surface area contributed by atoms with Gasteiger partial charge in [-0.15, -0.1) is 0 Å². The average Bonchev–Trinajstić information content (AvgIpc) is 2.57. The first-order valence-corrected chi connectivity index (χ1v) is 5.68. The van der Waals surface area contributed by atoms with Crippen molar-refractivity contribution in [3.8, 4) is 0 Å². The van der Waals surface area contributed by atoms with Crippen molar-refractivity contribution in [1.29, 1.82) is 0 Å². The van der Waals surface area contributed by atoms with Crippen LogP contribution in [0.4, 0.5) is 0 Å². The Hall–Kier alpha value is -0.280. The predicted octanol–water partition coefficient (Wildman–Crippen LogP) is 3.44. The van der Waals surface area contributed by atoms with Crippen molar-refractivity contribution < 1.29 is 9.52 Å². The second-order valence-electron chi connectivity index (χ2n) is 4.97. The molecule has 1 atom stereocenters. The van der Waals surface area contributed by atoms with E-state index in [9.17, 15) is 5.11 Å². The van der Waals surface area contributed by atoms with E-state index in [1.54, 1.807) is 6.26 Å². The zero-order chi connectivity index (χ0) is 10.4. The topological polar surface area (TPSA) is 33.4 Å². The molecule has 3 heteroatoms. The zero-order valence-electron chi connectivity index (χ0n) is 8.51. The molecule has 2 nitrogen and oxygen atoms in total. The first-order chi connectivity index (χ1) is 6.43. The van der Waals surface area contributed by atoms with Gasteiger partial charge in [0, 0.05) is 0 Å². The molecule has 0 aromatic carbocycles. The average molecular weight is 259 g/mol. The van der Waals surface area contributed by atoms with E-state index in [0.717, 1.165) is 23.7 Å². The molecule has 78 valence electrons. The van der Waals surface area contributed by atoms with Gasteiger partial charge in [-0.3, -0.25) is 0 Å². The minimum atomic E-state index is -0.772. The maximum atomic E-state index is 10.4. The number of furan rings is 1. The van der Waals surface area contributed by atoms with Crippen LogP contribution in [-0.2, 0) is 5.60 Å². The number of hydrogen-bond donors (Lipinski definition) is 1. The maximum absolute atomic E-state index is 10.4. The molecule has 14 heavy (non-hydrogen) atoms. The van der Waals surface area contributed by atoms with E-state index in [1.165, 1.54) is 0 Å². The molecule has 0 radical (unpaired) electrons. The van der Waals surface area contributed by atoms with Gasteiger partial charge in [0.25, 0.3) is 0 Å². The third-order valence-electron chi connectivity index (χ3n) is 3.03. The van der Waals surface area contributed by atoms with E-state index >= 15 is 0 Å². The van der Waals surface area contributed by atoms with Crippen LogP contribution in [0.2, 0.25) is 0 Å². The molecule has 0 amide bonds. The molecule has 1 aromatic heterocycles. The van der Waals surface area contributed by atoms with Crippen molar-refractivity contribution in [1.82, 2.24) is 0 Å². The van der Waals surface area contributed by atoms with Crippen LogP contribution in [0.15, 0.2) is 21.2 Å². The van der Waals surface area contributed by atoms with Crippen LogP contribution >= 0.6 is 15.9 Å². The molecule has 1 N–H and O–H groups in total. The lowest BCUT2D eigenvalue weighted by Gasteiger charge is -2.23. The molecule has 1 fully saturated rings. The van der Waals surface area contributed by atoms with Gasteiger partial charge in [0.1, 0.15) is 11.4 Å². The molecular weight excluding hydrogens is 244 g/mol. The Balaban J connectivity index is 2.32. The maximum Gasteiger partial charge on any atom is 0.149 e. The molecule has 1 aliphatic rings. The van der Waals surface area contributed by atoms with E-state index < -0.39 is 5.60 Å². The summed E-state index contributed by atoms with van der Waals surface area (Å²) in [6.07, 6.45) is 4.21. The van der Waals surface area contributed by atoms with Crippen LogP contribution in [0.5, 0.6) is 0 Å². The molecule has 2 rings (SSSR count). The Morgan fingerprint density at radius 2 is 2.14 bits per heavy atom. The van der Waals surface area contributed by atoms with Gasteiger partial charge in [0.15, 0.2) is 0 Å². The van der Waals surface area contributed by atoms with Crippen LogP contribution in [0, 0.1) is 5.41 Å². The Labute approximate surface area is 92.4 Å². The molecule has 1 aliphatic carbocycles. The highest BCUT2D eigenvalue weighted by molar-refractivity contribution is 9.10. The Bertz CT molecular complexity index is 343. The fraction of sp³-hybridized carbons (Fsp3) is 0.636. The number of halogens is 1. The van der Waals surface area contributed by atoms with Gasteiger partial charge in [-0.1, -0.05) is 13.8 Å². The summed E-state index contributed by atoms with van der Waals surface area (Å²) in [4.78, 5) is 0. The molecule has 0 aliphatic heterocycles. The minimum Gasteiger partial charge on any atom is -0.465 e. The SMILES string of the molecule is CC1(C)CCC(O)(c2occc2Br)C1. The van der Waals surface area contributed by atoms with Gasteiger partial charge in [-0.2, -0.15) is 0 Å². The Morgan fingerprint density at radius 3 is 2.57 bits per heavy atom. The molecule has 1 unspecified atom stereocenters. The molecule has 0 bridgehead atoms. The molecule has 1 heterocycles. The third-order valence-corrected chi connectivity index (χ3v) is 3.65. The zero-order valence-corrected chi connectivity index (χ0v) is 10.1. The van der Waals surface area contributed by atoms with E-state index in [0.29, 0.717) is 5.76 Å². The Morgan fingerprint density at radius 1 is 1.43 bits per heavy atom. The molecule has 1 saturated carbocycles. The number of hydrogen-bond acceptors (Lipinski definition) is 2. The molecular formula is C11H15BrO2. The number of aliphatic hydroxyl groups is 1. The van der Waals surface area contributed by atoms with E-state index in [4.69, 9.17) is 4.42 Å². The van der Waals surface area contributed by atoms with Gasteiger partial charge in [0.05, 0.1) is 10.7 Å². The normalized spacial score (nSPS) is 30.9. The van der Waals surface area contributed by atoms with E-state index in [2.05, 4.69) is 29.8 Å². The minimum absolute atomic E-state index is 0.209. The summed E-state index contributed by atoms with van der Waals surface area (Å²) in [5.74, 6) is 0.683. The lowest BCUT2D eigenvalue weighted by molar-refractivity contribution is 0.0115. The highest BCUT2D eigenvalue weighted by atomic mass is 79.9. The third kappa shape index (κ3) is 1.63. The second kappa shape index (κ2) is 3.11. The van der Waals surface area contributed by atoms with Crippen LogP contribution in [0.1, 0.15) is 38.9 Å². The van der Waals surface area contributed by atoms with Gasteiger partial charge in [-0.25, -0.2) is 0 Å². The smallest absolute Gasteiger partial charge is 0.149 e. The summed E-state index contributed by atoms with van der Waals surface area (Å²) in [6, 6.07) is 1.83. The van der Waals surface area contributed by atoms with Gasteiger partial charge >= 0.3 is 0 Å². The quantitative estimate of drug-likeness (QED) is 0.838. The monoisotopic (exact) mass is 258 g/mol. The molecule has 1 aromatic rings. The van der Waals surface area contributed by atoms with Crippen molar-refractivity contribution in [2.24, 2.45) is 5.41 Å². The van der Waals surface area contributed by atoms with Crippen LogP contribution < -0.4 is 0 Å². The van der Waals surface area contributed by atoms with Crippen molar-refractivity contribution in [2.45, 2.75) is 38.7 Å². The second-order valence-corrected chi connectivity index (χ2v) is 5.82. The highest BCUT2D eigenvalue weighted by Crippen LogP contribution is 2.50. The van der Waals surface area contributed by atoms with E-state index in [1.807, 2.05) is 6.07 Å². The van der Waals surface area contributed by atoms with Crippen LogP contribution in [-0.4, -0.2) is 5.11 Å². The van der Waals surface area contributed by atoms with E-state index in [-0.39, 0.29) is 5.41 Å². The summed E-state index contributed by atoms with van der Waals surface area (Å²) in [7, 11) is 0. The molecule has 0 spiro atoms. The van der Waals surface area contributed by atoms with Crippen LogP contribution in [0.3, 0.4) is 0 Å². The fourth-order valence-electron chi connectivity index (χ4n) is 2.33. The van der Waals surface area contributed by atoms with Crippen molar-refractivity contribution in [3.05, 3.63) is 22.6 Å². The first-order valence-electron chi connectivity index (χ1n) is 4.89.